The molecule has 13 heavy (non-hydrogen) atoms. The molecule has 1 aliphatic rings. The Labute approximate surface area is 78.2 Å². The van der Waals surface area contributed by atoms with E-state index in [-0.39, 0.29) is 11.5 Å². The van der Waals surface area contributed by atoms with E-state index in [1.807, 2.05) is 4.90 Å². The summed E-state index contributed by atoms with van der Waals surface area (Å²) < 4.78 is 24.3. The maximum Gasteiger partial charge on any atom is 0.212 e. The van der Waals surface area contributed by atoms with E-state index in [1.165, 1.54) is 7.05 Å². The van der Waals surface area contributed by atoms with Crippen molar-refractivity contribution in [2.45, 2.75) is 6.42 Å². The lowest BCUT2D eigenvalue weighted by molar-refractivity contribution is -0.116. The Morgan fingerprint density at radius 1 is 1.54 bits per heavy atom. The molecule has 1 saturated heterocycles. The van der Waals surface area contributed by atoms with Gasteiger partial charge in [-0.15, -0.1) is 0 Å². The molecule has 1 heterocycles. The van der Waals surface area contributed by atoms with Crippen molar-refractivity contribution in [2.75, 3.05) is 32.4 Å². The van der Waals surface area contributed by atoms with E-state index in [4.69, 9.17) is 0 Å². The summed E-state index contributed by atoms with van der Waals surface area (Å²) in [6, 6.07) is 0. The molecule has 0 aromatic carbocycles. The Morgan fingerprint density at radius 3 is 2.69 bits per heavy atom. The summed E-state index contributed by atoms with van der Waals surface area (Å²) in [7, 11) is -1.73. The molecule has 0 unspecified atom stereocenters. The Morgan fingerprint density at radius 2 is 2.23 bits per heavy atom. The maximum absolute atomic E-state index is 11.0. The zero-order chi connectivity index (χ0) is 9.90. The first kappa shape index (κ1) is 10.6. The first-order chi connectivity index (χ1) is 6.03. The predicted octanol–water partition coefficient (Wildman–Crippen LogP) is -1.19. The molecule has 0 aromatic heterocycles. The van der Waals surface area contributed by atoms with Gasteiger partial charge < -0.3 is 0 Å². The number of carbonyl (C=O) groups is 1. The van der Waals surface area contributed by atoms with Crippen LogP contribution < -0.4 is 4.72 Å². The van der Waals surface area contributed by atoms with Crippen molar-refractivity contribution in [1.29, 1.82) is 0 Å². The Balaban J connectivity index is 2.31. The van der Waals surface area contributed by atoms with Gasteiger partial charge in [-0.2, -0.15) is 0 Å². The van der Waals surface area contributed by atoms with Gasteiger partial charge >= 0.3 is 0 Å². The van der Waals surface area contributed by atoms with Crippen LogP contribution in [0.3, 0.4) is 0 Å². The van der Waals surface area contributed by atoms with Gasteiger partial charge in [0.05, 0.1) is 12.3 Å². The van der Waals surface area contributed by atoms with Crippen LogP contribution in [0.1, 0.15) is 6.42 Å². The zero-order valence-corrected chi connectivity index (χ0v) is 8.43. The van der Waals surface area contributed by atoms with Gasteiger partial charge in [-0.05, 0) is 7.05 Å². The summed E-state index contributed by atoms with van der Waals surface area (Å²) in [5, 5.41) is 0. The van der Waals surface area contributed by atoms with Crippen LogP contribution in [0.5, 0.6) is 0 Å². The molecule has 1 aliphatic heterocycles. The van der Waals surface area contributed by atoms with Gasteiger partial charge in [0.25, 0.3) is 0 Å². The van der Waals surface area contributed by atoms with Crippen LogP contribution in [-0.4, -0.2) is 51.5 Å². The minimum atomic E-state index is -3.13. The van der Waals surface area contributed by atoms with Crippen molar-refractivity contribution in [2.24, 2.45) is 0 Å². The minimum absolute atomic E-state index is 0.0663. The second-order valence-electron chi connectivity index (χ2n) is 3.09. The summed E-state index contributed by atoms with van der Waals surface area (Å²) in [4.78, 5) is 12.7. The fraction of sp³-hybridized carbons (Fsp3) is 0.857. The van der Waals surface area contributed by atoms with Crippen LogP contribution in [0.25, 0.3) is 0 Å². The molecule has 1 N–H and O–H groups in total. The summed E-state index contributed by atoms with van der Waals surface area (Å²) in [6.45, 7) is 1.53. The number of hydrogen-bond acceptors (Lipinski definition) is 4. The maximum atomic E-state index is 11.0. The van der Waals surface area contributed by atoms with E-state index in [9.17, 15) is 13.2 Å². The number of nitrogens with one attached hydrogen (secondary N) is 1. The lowest BCUT2D eigenvalue weighted by atomic mass is 10.4. The molecule has 1 fully saturated rings. The summed E-state index contributed by atoms with van der Waals surface area (Å²) in [6.07, 6.45) is 0.555. The number of ketones is 1. The van der Waals surface area contributed by atoms with Crippen LogP contribution >= 0.6 is 0 Å². The number of Topliss-reactive ketones (excluding diaryl/α,β-unsaturated/α-hetero) is 1. The van der Waals surface area contributed by atoms with Gasteiger partial charge in [0.2, 0.25) is 10.0 Å². The third-order valence-electron chi connectivity index (χ3n) is 2.09. The number of carbonyl (C=O) groups excluding carboxylic acids is 1. The molecule has 1 rings (SSSR count). The van der Waals surface area contributed by atoms with Crippen LogP contribution in [-0.2, 0) is 14.8 Å². The highest BCUT2D eigenvalue weighted by atomic mass is 32.2. The number of sulfonamides is 1. The molecule has 0 amide bonds. The summed E-state index contributed by atoms with van der Waals surface area (Å²) in [5.41, 5.74) is 0. The minimum Gasteiger partial charge on any atom is -0.298 e. The number of nitrogens with zero attached hydrogens (tertiary/aromatic N) is 1. The molecular formula is C7H14N2O3S. The van der Waals surface area contributed by atoms with E-state index in [2.05, 4.69) is 4.72 Å². The van der Waals surface area contributed by atoms with Crippen LogP contribution in [0.4, 0.5) is 0 Å². The highest BCUT2D eigenvalue weighted by Gasteiger charge is 2.20. The molecule has 0 aromatic rings. The van der Waals surface area contributed by atoms with Crippen molar-refractivity contribution in [3.05, 3.63) is 0 Å². The molecular weight excluding hydrogens is 192 g/mol. The van der Waals surface area contributed by atoms with E-state index < -0.39 is 10.0 Å². The van der Waals surface area contributed by atoms with Crippen molar-refractivity contribution in [1.82, 2.24) is 9.62 Å². The van der Waals surface area contributed by atoms with Crippen molar-refractivity contribution in [3.8, 4) is 0 Å². The van der Waals surface area contributed by atoms with Gasteiger partial charge in [-0.3, -0.25) is 9.69 Å². The van der Waals surface area contributed by atoms with E-state index in [0.717, 1.165) is 0 Å². The molecule has 0 spiro atoms. The number of rotatable bonds is 4. The zero-order valence-electron chi connectivity index (χ0n) is 7.62. The number of hydrogen-bond donors (Lipinski definition) is 1. The van der Waals surface area contributed by atoms with Crippen molar-refractivity contribution >= 4 is 15.8 Å². The molecule has 0 atom stereocenters. The number of likely N-dealkylation sites (tertiary alicyclic amines) is 1. The largest absolute Gasteiger partial charge is 0.298 e. The fourth-order valence-electron chi connectivity index (χ4n) is 1.23. The Hall–Kier alpha value is -0.460. The molecule has 0 saturated carbocycles. The molecule has 0 bridgehead atoms. The second kappa shape index (κ2) is 4.17. The Kier molecular flexibility index (Phi) is 3.40. The quantitative estimate of drug-likeness (QED) is 0.628. The van der Waals surface area contributed by atoms with E-state index in [0.29, 0.717) is 26.1 Å². The molecule has 0 aliphatic carbocycles. The standard InChI is InChI=1S/C7H14N2O3S/c1-8-13(11,12)5-4-9-3-2-7(10)6-9/h8H,2-6H2,1H3. The summed E-state index contributed by atoms with van der Waals surface area (Å²) >= 11 is 0. The summed E-state index contributed by atoms with van der Waals surface area (Å²) in [5.74, 6) is 0.262. The predicted molar refractivity (Wildman–Crippen MR) is 48.9 cm³/mol. The smallest absolute Gasteiger partial charge is 0.212 e. The highest BCUT2D eigenvalue weighted by Crippen LogP contribution is 2.03. The fourth-order valence-corrected chi connectivity index (χ4v) is 1.94. The van der Waals surface area contributed by atoms with Gasteiger partial charge in [0.1, 0.15) is 5.78 Å². The molecule has 76 valence electrons. The van der Waals surface area contributed by atoms with Crippen molar-refractivity contribution in [3.63, 3.8) is 0 Å². The third-order valence-corrected chi connectivity index (χ3v) is 3.44. The first-order valence-corrected chi connectivity index (χ1v) is 5.84. The van der Waals surface area contributed by atoms with Gasteiger partial charge in [0, 0.05) is 19.5 Å². The normalized spacial score (nSPS) is 19.6. The lowest BCUT2D eigenvalue weighted by Crippen LogP contribution is -2.32. The Bertz CT molecular complexity index is 286. The van der Waals surface area contributed by atoms with Crippen LogP contribution in [0, 0.1) is 0 Å². The third kappa shape index (κ3) is 3.41. The van der Waals surface area contributed by atoms with Crippen molar-refractivity contribution < 1.29 is 13.2 Å². The average molecular weight is 206 g/mol. The average Bonchev–Trinajstić information content (AvgIpc) is 2.48. The monoisotopic (exact) mass is 206 g/mol. The lowest BCUT2D eigenvalue weighted by Gasteiger charge is -2.12. The van der Waals surface area contributed by atoms with Crippen LogP contribution in [0.15, 0.2) is 0 Å². The SMILES string of the molecule is CNS(=O)(=O)CCN1CCC(=O)C1. The van der Waals surface area contributed by atoms with Crippen LogP contribution in [0.2, 0.25) is 0 Å². The molecule has 0 radical (unpaired) electrons. The van der Waals surface area contributed by atoms with Gasteiger partial charge in [0.15, 0.2) is 0 Å². The second-order valence-corrected chi connectivity index (χ2v) is 5.13. The van der Waals surface area contributed by atoms with Gasteiger partial charge in [-0.1, -0.05) is 0 Å². The van der Waals surface area contributed by atoms with E-state index in [1.54, 1.807) is 0 Å². The van der Waals surface area contributed by atoms with Gasteiger partial charge in [-0.25, -0.2) is 13.1 Å². The van der Waals surface area contributed by atoms with E-state index >= 15 is 0 Å². The molecule has 5 nitrogen and oxygen atoms in total. The topological polar surface area (TPSA) is 66.5 Å². The first-order valence-electron chi connectivity index (χ1n) is 4.19. The molecule has 6 heteroatoms. The highest BCUT2D eigenvalue weighted by molar-refractivity contribution is 7.89.